The van der Waals surface area contributed by atoms with E-state index in [0.717, 1.165) is 17.7 Å². The Morgan fingerprint density at radius 1 is 1.24 bits per heavy atom. The molecule has 0 fully saturated rings. The van der Waals surface area contributed by atoms with Crippen LogP contribution >= 0.6 is 0 Å². The van der Waals surface area contributed by atoms with Crippen molar-refractivity contribution in [3.8, 4) is 5.75 Å². The summed E-state index contributed by atoms with van der Waals surface area (Å²) in [6, 6.07) is 12.7. The topological polar surface area (TPSA) is 87.7 Å². The fourth-order valence-electron chi connectivity index (χ4n) is 2.82. The molecule has 0 aromatic heterocycles. The quantitative estimate of drug-likeness (QED) is 0.752. The van der Waals surface area contributed by atoms with Crippen LogP contribution in [0.4, 0.5) is 5.69 Å². The van der Waals surface area contributed by atoms with Crippen LogP contribution < -0.4 is 15.4 Å². The highest BCUT2D eigenvalue weighted by atomic mass is 16.5. The van der Waals surface area contributed by atoms with Crippen molar-refractivity contribution >= 4 is 17.6 Å². The third-order valence-corrected chi connectivity index (χ3v) is 3.98. The summed E-state index contributed by atoms with van der Waals surface area (Å²) in [5.74, 6) is -0.242. The monoisotopic (exact) mass is 340 g/mol. The van der Waals surface area contributed by atoms with Gasteiger partial charge >= 0.3 is 5.97 Å². The molecule has 2 aromatic carbocycles. The van der Waals surface area contributed by atoms with Crippen LogP contribution in [0.15, 0.2) is 42.5 Å². The normalized spacial score (nSPS) is 15.2. The van der Waals surface area contributed by atoms with E-state index in [-0.39, 0.29) is 18.6 Å². The number of benzene rings is 2. The van der Waals surface area contributed by atoms with E-state index in [1.54, 1.807) is 24.3 Å². The van der Waals surface area contributed by atoms with Crippen LogP contribution in [0.5, 0.6) is 5.75 Å². The van der Waals surface area contributed by atoms with Gasteiger partial charge in [-0.1, -0.05) is 18.2 Å². The summed E-state index contributed by atoms with van der Waals surface area (Å²) in [6.07, 6.45) is 1.08. The molecule has 2 aromatic rings. The number of hydrogen-bond acceptors (Lipinski definition) is 4. The molecule has 1 unspecified atom stereocenters. The number of nitrogens with one attached hydrogen (secondary N) is 2. The first-order valence-electron chi connectivity index (χ1n) is 8.13. The molecule has 0 aliphatic carbocycles. The van der Waals surface area contributed by atoms with Gasteiger partial charge in [0.2, 0.25) is 0 Å². The lowest BCUT2D eigenvalue weighted by Crippen LogP contribution is -2.23. The van der Waals surface area contributed by atoms with E-state index >= 15 is 0 Å². The van der Waals surface area contributed by atoms with E-state index in [4.69, 9.17) is 9.84 Å². The molecule has 25 heavy (non-hydrogen) atoms. The van der Waals surface area contributed by atoms with Crippen molar-refractivity contribution < 1.29 is 19.4 Å². The minimum absolute atomic E-state index is 0.194. The van der Waals surface area contributed by atoms with Crippen molar-refractivity contribution in [2.75, 3.05) is 11.9 Å². The first-order valence-corrected chi connectivity index (χ1v) is 8.13. The Labute approximate surface area is 145 Å². The number of ether oxygens (including phenoxy) is 1. The summed E-state index contributed by atoms with van der Waals surface area (Å²) in [7, 11) is 0. The average Bonchev–Trinajstić information content (AvgIpc) is 2.97. The lowest BCUT2D eigenvalue weighted by molar-refractivity contribution is -0.134. The zero-order valence-electron chi connectivity index (χ0n) is 13.9. The van der Waals surface area contributed by atoms with E-state index < -0.39 is 5.97 Å². The second-order valence-electron chi connectivity index (χ2n) is 6.09. The number of anilines is 1. The van der Waals surface area contributed by atoms with Gasteiger partial charge in [0.05, 0.1) is 0 Å². The van der Waals surface area contributed by atoms with Crippen LogP contribution in [-0.4, -0.2) is 29.6 Å². The van der Waals surface area contributed by atoms with Gasteiger partial charge in [-0.2, -0.15) is 0 Å². The molecule has 1 heterocycles. The van der Waals surface area contributed by atoms with Crippen molar-refractivity contribution in [1.82, 2.24) is 5.32 Å². The largest absolute Gasteiger partial charge is 0.490 e. The lowest BCUT2D eigenvalue weighted by Gasteiger charge is -2.09. The van der Waals surface area contributed by atoms with Gasteiger partial charge in [-0.15, -0.1) is 0 Å². The molecule has 0 bridgehead atoms. The second-order valence-corrected chi connectivity index (χ2v) is 6.09. The van der Waals surface area contributed by atoms with Crippen LogP contribution in [0.25, 0.3) is 0 Å². The lowest BCUT2D eigenvalue weighted by atomic mass is 10.1. The third kappa shape index (κ3) is 4.29. The summed E-state index contributed by atoms with van der Waals surface area (Å²) >= 11 is 0. The van der Waals surface area contributed by atoms with Gasteiger partial charge in [0.15, 0.2) is 0 Å². The molecule has 0 radical (unpaired) electrons. The maximum absolute atomic E-state index is 12.3. The predicted octanol–water partition coefficient (Wildman–Crippen LogP) is 2.44. The number of carboxylic acid groups (broad SMARTS) is 1. The van der Waals surface area contributed by atoms with Gasteiger partial charge in [-0.3, -0.25) is 9.59 Å². The molecule has 3 rings (SSSR count). The van der Waals surface area contributed by atoms with Crippen molar-refractivity contribution in [3.05, 3.63) is 59.2 Å². The fraction of sp³-hybridized carbons (Fsp3) is 0.263. The van der Waals surface area contributed by atoms with E-state index in [2.05, 4.69) is 16.7 Å². The molecule has 6 heteroatoms. The summed E-state index contributed by atoms with van der Waals surface area (Å²) in [5.41, 5.74) is 3.26. The number of carboxylic acids is 1. The molecule has 6 nitrogen and oxygen atoms in total. The highest BCUT2D eigenvalue weighted by Crippen LogP contribution is 2.29. The number of aliphatic carboxylic acids is 1. The first kappa shape index (κ1) is 16.8. The van der Waals surface area contributed by atoms with Crippen LogP contribution in [-0.2, 0) is 17.8 Å². The number of hydrogen-bond donors (Lipinski definition) is 3. The molecule has 130 valence electrons. The van der Waals surface area contributed by atoms with Gasteiger partial charge in [-0.05, 0) is 42.3 Å². The van der Waals surface area contributed by atoms with Gasteiger partial charge in [0.25, 0.3) is 5.91 Å². The van der Waals surface area contributed by atoms with E-state index in [0.29, 0.717) is 17.8 Å². The molecular formula is C19H20N2O4. The van der Waals surface area contributed by atoms with Crippen LogP contribution in [0.1, 0.15) is 28.4 Å². The molecule has 1 amide bonds. The standard InChI is InChI=1S/C19H20N2O4/c1-12-7-15-8-13(5-6-17(15)25-12)10-21-19(24)14-3-2-4-16(9-14)20-11-18(22)23/h2-6,8-9,12,20H,7,10-11H2,1H3,(H,21,24)(H,22,23). The van der Waals surface area contributed by atoms with Crippen LogP contribution in [0.3, 0.4) is 0 Å². The van der Waals surface area contributed by atoms with Crippen molar-refractivity contribution in [1.29, 1.82) is 0 Å². The molecule has 3 N–H and O–H groups in total. The van der Waals surface area contributed by atoms with E-state index in [9.17, 15) is 9.59 Å². The number of carbonyl (C=O) groups is 2. The number of amides is 1. The minimum atomic E-state index is -0.954. The Bertz CT molecular complexity index is 804. The fourth-order valence-corrected chi connectivity index (χ4v) is 2.82. The third-order valence-electron chi connectivity index (χ3n) is 3.98. The van der Waals surface area contributed by atoms with Gasteiger partial charge in [0.1, 0.15) is 18.4 Å². The Hall–Kier alpha value is -3.02. The first-order chi connectivity index (χ1) is 12.0. The summed E-state index contributed by atoms with van der Waals surface area (Å²) in [4.78, 5) is 22.9. The number of rotatable bonds is 6. The van der Waals surface area contributed by atoms with E-state index in [1.807, 2.05) is 19.1 Å². The molecule has 1 atom stereocenters. The van der Waals surface area contributed by atoms with Gasteiger partial charge in [-0.25, -0.2) is 0 Å². The summed E-state index contributed by atoms with van der Waals surface area (Å²) in [5, 5.41) is 14.3. The molecule has 0 saturated carbocycles. The predicted molar refractivity (Wildman–Crippen MR) is 94.0 cm³/mol. The Balaban J connectivity index is 1.60. The smallest absolute Gasteiger partial charge is 0.322 e. The van der Waals surface area contributed by atoms with Crippen molar-refractivity contribution in [2.45, 2.75) is 26.0 Å². The molecule has 1 aliphatic heterocycles. The average molecular weight is 340 g/mol. The Morgan fingerprint density at radius 3 is 2.88 bits per heavy atom. The number of carbonyl (C=O) groups excluding carboxylic acids is 1. The molecular weight excluding hydrogens is 320 g/mol. The Morgan fingerprint density at radius 2 is 2.08 bits per heavy atom. The van der Waals surface area contributed by atoms with Gasteiger partial charge < -0.3 is 20.5 Å². The maximum Gasteiger partial charge on any atom is 0.322 e. The number of fused-ring (bicyclic) bond motifs is 1. The highest BCUT2D eigenvalue weighted by molar-refractivity contribution is 5.95. The van der Waals surface area contributed by atoms with E-state index in [1.165, 1.54) is 5.56 Å². The summed E-state index contributed by atoms with van der Waals surface area (Å²) in [6.45, 7) is 2.26. The zero-order chi connectivity index (χ0) is 17.8. The van der Waals surface area contributed by atoms with Crippen LogP contribution in [0, 0.1) is 0 Å². The van der Waals surface area contributed by atoms with Crippen molar-refractivity contribution in [3.63, 3.8) is 0 Å². The Kier molecular flexibility index (Phi) is 4.88. The minimum Gasteiger partial charge on any atom is -0.490 e. The van der Waals surface area contributed by atoms with Crippen molar-refractivity contribution in [2.24, 2.45) is 0 Å². The maximum atomic E-state index is 12.3. The zero-order valence-corrected chi connectivity index (χ0v) is 13.9. The summed E-state index contributed by atoms with van der Waals surface area (Å²) < 4.78 is 5.67. The molecule has 0 spiro atoms. The highest BCUT2D eigenvalue weighted by Gasteiger charge is 2.18. The van der Waals surface area contributed by atoms with Gasteiger partial charge in [0, 0.05) is 24.2 Å². The molecule has 1 aliphatic rings. The molecule has 0 saturated heterocycles. The SMILES string of the molecule is CC1Cc2cc(CNC(=O)c3cccc(NCC(=O)O)c3)ccc2O1. The van der Waals surface area contributed by atoms with Crippen LogP contribution in [0.2, 0.25) is 0 Å². The second kappa shape index (κ2) is 7.25.